The third-order valence-electron chi connectivity index (χ3n) is 3.00. The maximum atomic E-state index is 9.27. The first-order valence-electron chi connectivity index (χ1n) is 5.99. The third-order valence-corrected chi connectivity index (χ3v) is 3.35. The van der Waals surface area contributed by atoms with Crippen LogP contribution in [0.3, 0.4) is 0 Å². The van der Waals surface area contributed by atoms with Crippen molar-refractivity contribution in [2.24, 2.45) is 0 Å². The highest BCUT2D eigenvalue weighted by atomic mass is 35.5. The topological polar surface area (TPSA) is 23.8 Å². The monoisotopic (exact) mass is 255 g/mol. The maximum Gasteiger partial charge on any atom is 0.0730 e. The summed E-state index contributed by atoms with van der Waals surface area (Å²) in [5, 5.41) is 9.95. The normalized spacial score (nSPS) is 11.8. The van der Waals surface area contributed by atoms with Gasteiger partial charge in [0.15, 0.2) is 0 Å². The first-order chi connectivity index (χ1) is 8.81. The number of benzene rings is 2. The van der Waals surface area contributed by atoms with E-state index < -0.39 is 0 Å². The molecule has 18 heavy (non-hydrogen) atoms. The molecule has 2 heteroatoms. The Morgan fingerprint density at radius 1 is 1.00 bits per heavy atom. The molecule has 0 aliphatic carbocycles. The van der Waals surface area contributed by atoms with E-state index in [-0.39, 0.29) is 5.92 Å². The van der Waals surface area contributed by atoms with Crippen molar-refractivity contribution in [1.29, 1.82) is 5.26 Å². The molecule has 1 atom stereocenters. The van der Waals surface area contributed by atoms with E-state index >= 15 is 0 Å². The summed E-state index contributed by atoms with van der Waals surface area (Å²) >= 11 is 6.13. The molecule has 0 saturated heterocycles. The average Bonchev–Trinajstić information content (AvgIpc) is 2.42. The van der Waals surface area contributed by atoms with Crippen molar-refractivity contribution >= 4 is 11.6 Å². The van der Waals surface area contributed by atoms with E-state index in [2.05, 4.69) is 18.2 Å². The van der Waals surface area contributed by atoms with Crippen LogP contribution >= 0.6 is 11.6 Å². The molecule has 0 N–H and O–H groups in total. The summed E-state index contributed by atoms with van der Waals surface area (Å²) in [5.74, 6) is -0.140. The molecule has 0 saturated carbocycles. The molecule has 2 aromatic rings. The first kappa shape index (κ1) is 12.7. The van der Waals surface area contributed by atoms with Crippen LogP contribution in [0.1, 0.15) is 23.5 Å². The van der Waals surface area contributed by atoms with Gasteiger partial charge in [0.2, 0.25) is 0 Å². The Kier molecular flexibility index (Phi) is 4.39. The Hall–Kier alpha value is -1.78. The molecule has 90 valence electrons. The fourth-order valence-corrected chi connectivity index (χ4v) is 2.27. The molecule has 0 amide bonds. The molecule has 0 bridgehead atoms. The summed E-state index contributed by atoms with van der Waals surface area (Å²) in [5.41, 5.74) is 2.18. The van der Waals surface area contributed by atoms with Crippen LogP contribution < -0.4 is 0 Å². The number of hydrogen-bond donors (Lipinski definition) is 0. The fraction of sp³-hybridized carbons (Fsp3) is 0.188. The second-order valence-corrected chi connectivity index (χ2v) is 4.63. The number of rotatable bonds is 4. The van der Waals surface area contributed by atoms with Crippen LogP contribution in [0.2, 0.25) is 5.02 Å². The van der Waals surface area contributed by atoms with Crippen LogP contribution in [0.25, 0.3) is 0 Å². The van der Waals surface area contributed by atoms with E-state index in [0.717, 1.165) is 18.4 Å². The lowest BCUT2D eigenvalue weighted by molar-refractivity contribution is 0.746. The molecule has 0 heterocycles. The Labute approximate surface area is 113 Å². The van der Waals surface area contributed by atoms with E-state index in [1.54, 1.807) is 0 Å². The molecule has 0 spiro atoms. The van der Waals surface area contributed by atoms with E-state index in [9.17, 15) is 5.26 Å². The van der Waals surface area contributed by atoms with Crippen molar-refractivity contribution in [1.82, 2.24) is 0 Å². The molecule has 0 fully saturated rings. The van der Waals surface area contributed by atoms with Crippen LogP contribution in [0, 0.1) is 11.3 Å². The van der Waals surface area contributed by atoms with Gasteiger partial charge in [-0.2, -0.15) is 5.26 Å². The molecule has 0 aromatic heterocycles. The van der Waals surface area contributed by atoms with Gasteiger partial charge in [0.05, 0.1) is 12.0 Å². The molecule has 2 rings (SSSR count). The van der Waals surface area contributed by atoms with Crippen LogP contribution in [-0.4, -0.2) is 0 Å². The van der Waals surface area contributed by atoms with Gasteiger partial charge >= 0.3 is 0 Å². The lowest BCUT2D eigenvalue weighted by atomic mass is 9.93. The predicted molar refractivity (Wildman–Crippen MR) is 74.6 cm³/mol. The average molecular weight is 256 g/mol. The van der Waals surface area contributed by atoms with E-state index in [1.165, 1.54) is 5.56 Å². The molecular weight excluding hydrogens is 242 g/mol. The molecule has 0 aliphatic heterocycles. The Balaban J connectivity index is 2.08. The van der Waals surface area contributed by atoms with Gasteiger partial charge in [-0.05, 0) is 30.0 Å². The first-order valence-corrected chi connectivity index (χ1v) is 6.37. The highest BCUT2D eigenvalue weighted by molar-refractivity contribution is 6.31. The van der Waals surface area contributed by atoms with Crippen molar-refractivity contribution in [2.45, 2.75) is 18.8 Å². The second-order valence-electron chi connectivity index (χ2n) is 4.23. The number of hydrogen-bond acceptors (Lipinski definition) is 1. The van der Waals surface area contributed by atoms with Gasteiger partial charge in [0.1, 0.15) is 0 Å². The van der Waals surface area contributed by atoms with E-state index in [0.29, 0.717) is 5.02 Å². The zero-order valence-corrected chi connectivity index (χ0v) is 10.8. The molecule has 2 aromatic carbocycles. The zero-order chi connectivity index (χ0) is 12.8. The van der Waals surface area contributed by atoms with Gasteiger partial charge < -0.3 is 0 Å². The summed E-state index contributed by atoms with van der Waals surface area (Å²) in [4.78, 5) is 0. The van der Waals surface area contributed by atoms with Gasteiger partial charge in [0, 0.05) is 5.02 Å². The van der Waals surface area contributed by atoms with Gasteiger partial charge in [-0.3, -0.25) is 0 Å². The van der Waals surface area contributed by atoms with Gasteiger partial charge in [0.25, 0.3) is 0 Å². The second kappa shape index (κ2) is 6.23. The summed E-state index contributed by atoms with van der Waals surface area (Å²) in [6.45, 7) is 0. The molecular formula is C16H14ClN. The number of aryl methyl sites for hydroxylation is 1. The highest BCUT2D eigenvalue weighted by Gasteiger charge is 2.13. The van der Waals surface area contributed by atoms with Gasteiger partial charge in [-0.1, -0.05) is 60.1 Å². The number of nitrogens with zero attached hydrogens (tertiary/aromatic N) is 1. The summed E-state index contributed by atoms with van der Waals surface area (Å²) < 4.78 is 0. The highest BCUT2D eigenvalue weighted by Crippen LogP contribution is 2.27. The van der Waals surface area contributed by atoms with Crippen LogP contribution in [-0.2, 0) is 6.42 Å². The van der Waals surface area contributed by atoms with Gasteiger partial charge in [-0.25, -0.2) is 0 Å². The smallest absolute Gasteiger partial charge is 0.0730 e. The molecule has 0 radical (unpaired) electrons. The largest absolute Gasteiger partial charge is 0.198 e. The SMILES string of the molecule is N#CC(CCc1ccccc1)c1ccccc1Cl. The fourth-order valence-electron chi connectivity index (χ4n) is 2.00. The van der Waals surface area contributed by atoms with Crippen molar-refractivity contribution in [3.63, 3.8) is 0 Å². The van der Waals surface area contributed by atoms with E-state index in [4.69, 9.17) is 11.6 Å². The minimum Gasteiger partial charge on any atom is -0.198 e. The maximum absolute atomic E-state index is 9.27. The molecule has 1 unspecified atom stereocenters. The molecule has 0 aliphatic rings. The van der Waals surface area contributed by atoms with Gasteiger partial charge in [-0.15, -0.1) is 0 Å². The number of nitriles is 1. The Bertz CT molecular complexity index is 543. The van der Waals surface area contributed by atoms with Crippen molar-refractivity contribution < 1.29 is 0 Å². The third kappa shape index (κ3) is 3.12. The quantitative estimate of drug-likeness (QED) is 0.785. The number of halogens is 1. The summed E-state index contributed by atoms with van der Waals surface area (Å²) in [6, 6.07) is 20.1. The van der Waals surface area contributed by atoms with Crippen LogP contribution in [0.15, 0.2) is 54.6 Å². The lowest BCUT2D eigenvalue weighted by Crippen LogP contribution is -1.99. The van der Waals surface area contributed by atoms with Crippen molar-refractivity contribution in [3.05, 3.63) is 70.7 Å². The predicted octanol–water partition coefficient (Wildman–Crippen LogP) is 4.58. The Morgan fingerprint density at radius 3 is 2.33 bits per heavy atom. The van der Waals surface area contributed by atoms with Crippen molar-refractivity contribution in [3.8, 4) is 6.07 Å². The van der Waals surface area contributed by atoms with Crippen LogP contribution in [0.5, 0.6) is 0 Å². The summed E-state index contributed by atoms with van der Waals surface area (Å²) in [6.07, 6.45) is 1.69. The minimum absolute atomic E-state index is 0.140. The van der Waals surface area contributed by atoms with Crippen molar-refractivity contribution in [2.75, 3.05) is 0 Å². The summed E-state index contributed by atoms with van der Waals surface area (Å²) in [7, 11) is 0. The molecule has 1 nitrogen and oxygen atoms in total. The minimum atomic E-state index is -0.140. The zero-order valence-electron chi connectivity index (χ0n) is 10.0. The lowest BCUT2D eigenvalue weighted by Gasteiger charge is -2.11. The Morgan fingerprint density at radius 2 is 1.67 bits per heavy atom. The standard InChI is InChI=1S/C16H14ClN/c17-16-9-5-4-8-15(16)14(12-18)11-10-13-6-2-1-3-7-13/h1-9,14H,10-11H2. The van der Waals surface area contributed by atoms with Crippen LogP contribution in [0.4, 0.5) is 0 Å². The van der Waals surface area contributed by atoms with E-state index in [1.807, 2.05) is 42.5 Å².